The summed E-state index contributed by atoms with van der Waals surface area (Å²) in [5.74, 6) is 0.770. The lowest BCUT2D eigenvalue weighted by atomic mass is 10.0. The standard InChI is InChI=1S/C18H16N4/c1-13-7-9-14(10-8-13)16-11-17(15-5-3-2-4-6-15)22-18(21-16)19-12-20-22/h2-12,17H,1H3,(H,19,20,21)/t17-/m1/s1. The van der Waals surface area contributed by atoms with Crippen molar-refractivity contribution in [3.8, 4) is 0 Å². The van der Waals surface area contributed by atoms with Crippen molar-refractivity contribution in [2.24, 2.45) is 0 Å². The van der Waals surface area contributed by atoms with Crippen LogP contribution >= 0.6 is 0 Å². The Morgan fingerprint density at radius 2 is 1.77 bits per heavy atom. The summed E-state index contributed by atoms with van der Waals surface area (Å²) in [5.41, 5.74) is 4.67. The molecule has 4 rings (SSSR count). The van der Waals surface area contributed by atoms with Gasteiger partial charge in [0.25, 0.3) is 0 Å². The summed E-state index contributed by atoms with van der Waals surface area (Å²) in [6.45, 7) is 2.09. The number of hydrogen-bond acceptors (Lipinski definition) is 3. The van der Waals surface area contributed by atoms with E-state index in [9.17, 15) is 0 Å². The van der Waals surface area contributed by atoms with Gasteiger partial charge in [-0.3, -0.25) is 0 Å². The van der Waals surface area contributed by atoms with Crippen LogP contribution in [0.4, 0.5) is 5.95 Å². The maximum absolute atomic E-state index is 4.36. The highest BCUT2D eigenvalue weighted by molar-refractivity contribution is 5.77. The van der Waals surface area contributed by atoms with Crippen molar-refractivity contribution in [1.82, 2.24) is 14.8 Å². The molecular formula is C18H16N4. The Labute approximate surface area is 129 Å². The number of nitrogens with one attached hydrogen (secondary N) is 1. The first kappa shape index (κ1) is 12.8. The molecule has 1 aliphatic heterocycles. The quantitative estimate of drug-likeness (QED) is 0.783. The minimum atomic E-state index is 0.0521. The third kappa shape index (κ3) is 2.19. The van der Waals surface area contributed by atoms with Gasteiger partial charge in [-0.05, 0) is 24.1 Å². The van der Waals surface area contributed by atoms with Gasteiger partial charge in [0.05, 0.1) is 0 Å². The number of hydrogen-bond donors (Lipinski definition) is 1. The first-order valence-electron chi connectivity index (χ1n) is 7.31. The van der Waals surface area contributed by atoms with E-state index in [2.05, 4.69) is 64.8 Å². The first-order chi connectivity index (χ1) is 10.8. The Morgan fingerprint density at radius 1 is 1.00 bits per heavy atom. The van der Waals surface area contributed by atoms with E-state index in [1.807, 2.05) is 22.9 Å². The van der Waals surface area contributed by atoms with Crippen molar-refractivity contribution in [2.45, 2.75) is 13.0 Å². The zero-order valence-electron chi connectivity index (χ0n) is 12.3. The summed E-state index contributed by atoms with van der Waals surface area (Å²) >= 11 is 0. The van der Waals surface area contributed by atoms with Gasteiger partial charge in [-0.2, -0.15) is 10.1 Å². The Morgan fingerprint density at radius 3 is 2.55 bits per heavy atom. The SMILES string of the molecule is Cc1ccc(C2=C[C@H](c3ccccc3)n3ncnc3N2)cc1. The number of rotatable bonds is 2. The van der Waals surface area contributed by atoms with Crippen LogP contribution in [0.2, 0.25) is 0 Å². The van der Waals surface area contributed by atoms with Crippen LogP contribution in [0.5, 0.6) is 0 Å². The zero-order chi connectivity index (χ0) is 14.9. The maximum Gasteiger partial charge on any atom is 0.226 e. The lowest BCUT2D eigenvalue weighted by Gasteiger charge is -2.24. The third-order valence-corrected chi connectivity index (χ3v) is 3.91. The largest absolute Gasteiger partial charge is 0.324 e. The minimum Gasteiger partial charge on any atom is -0.324 e. The van der Waals surface area contributed by atoms with E-state index in [1.54, 1.807) is 6.33 Å². The first-order valence-corrected chi connectivity index (χ1v) is 7.31. The molecule has 0 bridgehead atoms. The van der Waals surface area contributed by atoms with Gasteiger partial charge in [-0.15, -0.1) is 0 Å². The van der Waals surface area contributed by atoms with E-state index in [0.717, 1.165) is 17.2 Å². The molecule has 1 N–H and O–H groups in total. The number of allylic oxidation sites excluding steroid dienone is 1. The molecule has 1 aliphatic rings. The van der Waals surface area contributed by atoms with Crippen molar-refractivity contribution in [2.75, 3.05) is 5.32 Å². The lowest BCUT2D eigenvalue weighted by molar-refractivity contribution is 0.612. The number of aryl methyl sites for hydroxylation is 1. The average Bonchev–Trinajstić information content (AvgIpc) is 3.04. The number of nitrogens with zero attached hydrogens (tertiary/aromatic N) is 3. The van der Waals surface area contributed by atoms with Gasteiger partial charge in [-0.1, -0.05) is 60.2 Å². The van der Waals surface area contributed by atoms with E-state index >= 15 is 0 Å². The predicted molar refractivity (Wildman–Crippen MR) is 87.4 cm³/mol. The molecular weight excluding hydrogens is 272 g/mol. The third-order valence-electron chi connectivity index (χ3n) is 3.91. The van der Waals surface area contributed by atoms with Gasteiger partial charge in [0.15, 0.2) is 0 Å². The summed E-state index contributed by atoms with van der Waals surface area (Å²) in [6.07, 6.45) is 3.78. The smallest absolute Gasteiger partial charge is 0.226 e. The average molecular weight is 288 g/mol. The van der Waals surface area contributed by atoms with E-state index < -0.39 is 0 Å². The Balaban J connectivity index is 1.81. The Kier molecular flexibility index (Phi) is 3.00. The molecule has 0 saturated carbocycles. The van der Waals surface area contributed by atoms with Crippen LogP contribution in [0.25, 0.3) is 5.70 Å². The fourth-order valence-electron chi connectivity index (χ4n) is 2.72. The molecule has 2 aromatic carbocycles. The summed E-state index contributed by atoms with van der Waals surface area (Å²) in [5, 5.41) is 7.72. The summed E-state index contributed by atoms with van der Waals surface area (Å²) < 4.78 is 1.91. The van der Waals surface area contributed by atoms with Crippen LogP contribution < -0.4 is 5.32 Å². The second kappa shape index (κ2) is 5.15. The molecule has 2 heterocycles. The minimum absolute atomic E-state index is 0.0521. The molecule has 108 valence electrons. The Bertz CT molecular complexity index is 816. The molecule has 0 amide bonds. The fraction of sp³-hybridized carbons (Fsp3) is 0.111. The van der Waals surface area contributed by atoms with Crippen molar-refractivity contribution < 1.29 is 0 Å². The van der Waals surface area contributed by atoms with Crippen LogP contribution in [0.1, 0.15) is 22.7 Å². The van der Waals surface area contributed by atoms with Crippen molar-refractivity contribution in [1.29, 1.82) is 0 Å². The number of anilines is 1. The van der Waals surface area contributed by atoms with Crippen molar-refractivity contribution in [3.05, 3.63) is 83.7 Å². The normalized spacial score (nSPS) is 16.6. The van der Waals surface area contributed by atoms with Gasteiger partial charge in [0, 0.05) is 5.70 Å². The van der Waals surface area contributed by atoms with Crippen molar-refractivity contribution in [3.63, 3.8) is 0 Å². The van der Waals surface area contributed by atoms with Gasteiger partial charge in [0.2, 0.25) is 5.95 Å². The molecule has 0 unspecified atom stereocenters. The van der Waals surface area contributed by atoms with Crippen molar-refractivity contribution >= 4 is 11.6 Å². The molecule has 22 heavy (non-hydrogen) atoms. The monoisotopic (exact) mass is 288 g/mol. The highest BCUT2D eigenvalue weighted by Crippen LogP contribution is 2.31. The fourth-order valence-corrected chi connectivity index (χ4v) is 2.72. The van der Waals surface area contributed by atoms with Crippen LogP contribution in [0, 0.1) is 6.92 Å². The molecule has 0 fully saturated rings. The Hall–Kier alpha value is -2.88. The predicted octanol–water partition coefficient (Wildman–Crippen LogP) is 3.64. The van der Waals surface area contributed by atoms with Crippen LogP contribution in [-0.2, 0) is 0 Å². The molecule has 0 saturated heterocycles. The molecule has 0 radical (unpaired) electrons. The van der Waals surface area contributed by atoms with Gasteiger partial charge in [0.1, 0.15) is 12.4 Å². The van der Waals surface area contributed by atoms with E-state index in [-0.39, 0.29) is 6.04 Å². The zero-order valence-corrected chi connectivity index (χ0v) is 12.3. The molecule has 4 heteroatoms. The number of aromatic nitrogens is 3. The van der Waals surface area contributed by atoms with E-state index in [0.29, 0.717) is 0 Å². The summed E-state index contributed by atoms with van der Waals surface area (Å²) in [6, 6.07) is 18.9. The maximum atomic E-state index is 4.36. The van der Waals surface area contributed by atoms with Gasteiger partial charge < -0.3 is 5.32 Å². The molecule has 0 aliphatic carbocycles. The van der Waals surface area contributed by atoms with Crippen LogP contribution in [0.3, 0.4) is 0 Å². The number of fused-ring (bicyclic) bond motifs is 1. The summed E-state index contributed by atoms with van der Waals surface area (Å²) in [7, 11) is 0. The lowest BCUT2D eigenvalue weighted by Crippen LogP contribution is -2.20. The molecule has 3 aromatic rings. The molecule has 1 aromatic heterocycles. The highest BCUT2D eigenvalue weighted by Gasteiger charge is 2.22. The summed E-state index contributed by atoms with van der Waals surface area (Å²) in [4.78, 5) is 4.33. The van der Waals surface area contributed by atoms with Crippen LogP contribution in [0.15, 0.2) is 67.0 Å². The van der Waals surface area contributed by atoms with E-state index in [1.165, 1.54) is 11.1 Å². The molecule has 0 spiro atoms. The van der Waals surface area contributed by atoms with Gasteiger partial charge in [-0.25, -0.2) is 4.68 Å². The van der Waals surface area contributed by atoms with E-state index in [4.69, 9.17) is 0 Å². The second-order valence-electron chi connectivity index (χ2n) is 5.46. The molecule has 1 atom stereocenters. The molecule has 4 nitrogen and oxygen atoms in total. The van der Waals surface area contributed by atoms with Crippen LogP contribution in [-0.4, -0.2) is 14.8 Å². The number of benzene rings is 2. The second-order valence-corrected chi connectivity index (χ2v) is 5.46. The highest BCUT2D eigenvalue weighted by atomic mass is 15.4. The van der Waals surface area contributed by atoms with Gasteiger partial charge >= 0.3 is 0 Å². The topological polar surface area (TPSA) is 42.7 Å².